The number of rotatable bonds is 8. The minimum Gasteiger partial charge on any atom is -0.465 e. The Morgan fingerprint density at radius 2 is 1.40 bits per heavy atom. The monoisotopic (exact) mass is 435 g/mol. The van der Waals surface area contributed by atoms with E-state index in [0.717, 1.165) is 9.87 Å². The summed E-state index contributed by atoms with van der Waals surface area (Å²) in [7, 11) is 1.70. The van der Waals surface area contributed by atoms with Crippen LogP contribution in [0.15, 0.2) is 36.4 Å². The number of nitrogens with zero attached hydrogens (tertiary/aromatic N) is 1. The number of nitrogens with two attached hydrogens (primary N) is 1. The van der Waals surface area contributed by atoms with Crippen LogP contribution in [0.2, 0.25) is 0 Å². The first-order valence-corrected chi connectivity index (χ1v) is 10.4. The zero-order valence-electron chi connectivity index (χ0n) is 17.3. The average Bonchev–Trinajstić information content (AvgIpc) is 2.75. The van der Waals surface area contributed by atoms with Crippen molar-refractivity contribution >= 4 is 22.1 Å². The standard InChI is InChI=1S/C20H25N3O6S/c1-23(2)30(26,27)22-12-14-6-8-16(20(25)29-4)18(10-14)17-9-13(11-21)5-7-15(17)19(24)28-3/h5-10,22H,11-12,21H2,1-4H3. The third-order valence-corrected chi connectivity index (χ3v) is 5.91. The molecule has 0 aromatic heterocycles. The average molecular weight is 436 g/mol. The number of carbonyl (C=O) groups excluding carboxylic acids is 2. The Hall–Kier alpha value is -2.79. The van der Waals surface area contributed by atoms with Gasteiger partial charge in [0.25, 0.3) is 10.2 Å². The van der Waals surface area contributed by atoms with E-state index in [1.54, 1.807) is 30.3 Å². The van der Waals surface area contributed by atoms with E-state index >= 15 is 0 Å². The van der Waals surface area contributed by atoms with Crippen molar-refractivity contribution < 1.29 is 27.5 Å². The lowest BCUT2D eigenvalue weighted by molar-refractivity contribution is 0.0590. The first-order valence-electron chi connectivity index (χ1n) is 8.94. The van der Waals surface area contributed by atoms with Crippen molar-refractivity contribution in [3.05, 3.63) is 58.7 Å². The molecular weight excluding hydrogens is 410 g/mol. The SMILES string of the molecule is COC(=O)c1ccc(CN)cc1-c1cc(CNS(=O)(=O)N(C)C)ccc1C(=O)OC. The van der Waals surface area contributed by atoms with E-state index in [2.05, 4.69) is 4.72 Å². The molecule has 30 heavy (non-hydrogen) atoms. The van der Waals surface area contributed by atoms with Gasteiger partial charge in [-0.05, 0) is 46.5 Å². The van der Waals surface area contributed by atoms with E-state index in [0.29, 0.717) is 16.7 Å². The Bertz CT molecular complexity index is 1050. The smallest absolute Gasteiger partial charge is 0.338 e. The second-order valence-corrected chi connectivity index (χ2v) is 8.52. The zero-order chi connectivity index (χ0) is 22.5. The predicted octanol–water partition coefficient (Wildman–Crippen LogP) is 1.28. The summed E-state index contributed by atoms with van der Waals surface area (Å²) >= 11 is 0. The second-order valence-electron chi connectivity index (χ2n) is 6.56. The maximum Gasteiger partial charge on any atom is 0.338 e. The Morgan fingerprint density at radius 3 is 1.83 bits per heavy atom. The Morgan fingerprint density at radius 1 is 0.933 bits per heavy atom. The van der Waals surface area contributed by atoms with Gasteiger partial charge in [0.15, 0.2) is 0 Å². The molecular formula is C20H25N3O6S. The Labute approximate surface area is 176 Å². The maximum absolute atomic E-state index is 12.3. The van der Waals surface area contributed by atoms with Gasteiger partial charge in [-0.25, -0.2) is 9.59 Å². The fourth-order valence-electron chi connectivity index (χ4n) is 2.74. The van der Waals surface area contributed by atoms with E-state index in [1.165, 1.54) is 34.4 Å². The van der Waals surface area contributed by atoms with Crippen LogP contribution in [0.5, 0.6) is 0 Å². The van der Waals surface area contributed by atoms with Crippen molar-refractivity contribution in [3.63, 3.8) is 0 Å². The van der Waals surface area contributed by atoms with E-state index < -0.39 is 22.1 Å². The summed E-state index contributed by atoms with van der Waals surface area (Å²) in [6, 6.07) is 9.73. The second kappa shape index (κ2) is 9.81. The van der Waals surface area contributed by atoms with Gasteiger partial charge < -0.3 is 15.2 Å². The fourth-order valence-corrected chi connectivity index (χ4v) is 3.35. The van der Waals surface area contributed by atoms with Gasteiger partial charge >= 0.3 is 11.9 Å². The fraction of sp³-hybridized carbons (Fsp3) is 0.300. The molecule has 162 valence electrons. The molecule has 10 heteroatoms. The summed E-state index contributed by atoms with van der Waals surface area (Å²) < 4.78 is 37.3. The van der Waals surface area contributed by atoms with Crippen LogP contribution in [-0.2, 0) is 32.8 Å². The highest BCUT2D eigenvalue weighted by Crippen LogP contribution is 2.31. The minimum absolute atomic E-state index is 0.0148. The number of nitrogens with one attached hydrogen (secondary N) is 1. The third-order valence-electron chi connectivity index (χ3n) is 4.44. The molecule has 9 nitrogen and oxygen atoms in total. The Balaban J connectivity index is 2.64. The number of hydrogen-bond acceptors (Lipinski definition) is 7. The molecule has 0 amide bonds. The van der Waals surface area contributed by atoms with E-state index in [-0.39, 0.29) is 24.2 Å². The van der Waals surface area contributed by atoms with Crippen molar-refractivity contribution in [2.24, 2.45) is 5.73 Å². The molecule has 0 saturated heterocycles. The summed E-state index contributed by atoms with van der Waals surface area (Å²) in [5.74, 6) is -1.18. The first-order chi connectivity index (χ1) is 14.1. The van der Waals surface area contributed by atoms with Crippen molar-refractivity contribution in [2.45, 2.75) is 13.1 Å². The summed E-state index contributed by atoms with van der Waals surface area (Å²) in [6.07, 6.45) is 0. The lowest BCUT2D eigenvalue weighted by Crippen LogP contribution is -2.35. The van der Waals surface area contributed by atoms with Gasteiger partial charge in [0.2, 0.25) is 0 Å². The predicted molar refractivity (Wildman–Crippen MR) is 112 cm³/mol. The summed E-state index contributed by atoms with van der Waals surface area (Å²) in [5.41, 5.74) is 8.36. The van der Waals surface area contributed by atoms with Gasteiger partial charge in [0.05, 0.1) is 25.3 Å². The topological polar surface area (TPSA) is 128 Å². The largest absolute Gasteiger partial charge is 0.465 e. The highest BCUT2D eigenvalue weighted by atomic mass is 32.2. The van der Waals surface area contributed by atoms with Crippen molar-refractivity contribution in [3.8, 4) is 11.1 Å². The quantitative estimate of drug-likeness (QED) is 0.598. The third kappa shape index (κ3) is 5.22. The molecule has 3 N–H and O–H groups in total. The number of carbonyl (C=O) groups is 2. The molecule has 0 aliphatic carbocycles. The molecule has 2 aromatic rings. The summed E-state index contributed by atoms with van der Waals surface area (Å²) in [4.78, 5) is 24.7. The van der Waals surface area contributed by atoms with Crippen LogP contribution in [0.25, 0.3) is 11.1 Å². The molecule has 0 bridgehead atoms. The van der Waals surface area contributed by atoms with Crippen LogP contribution in [-0.4, -0.2) is 53.0 Å². The van der Waals surface area contributed by atoms with Crippen LogP contribution in [0.3, 0.4) is 0 Å². The number of methoxy groups -OCH3 is 2. The molecule has 0 saturated carbocycles. The lowest BCUT2D eigenvalue weighted by atomic mass is 9.92. The molecule has 2 rings (SSSR count). The van der Waals surface area contributed by atoms with E-state index in [1.807, 2.05) is 0 Å². The van der Waals surface area contributed by atoms with Gasteiger partial charge in [-0.3, -0.25) is 0 Å². The van der Waals surface area contributed by atoms with Crippen molar-refractivity contribution in [2.75, 3.05) is 28.3 Å². The zero-order valence-corrected chi connectivity index (χ0v) is 18.1. The van der Waals surface area contributed by atoms with E-state index in [4.69, 9.17) is 15.2 Å². The van der Waals surface area contributed by atoms with Gasteiger partial charge in [-0.1, -0.05) is 12.1 Å². The number of esters is 2. The van der Waals surface area contributed by atoms with Gasteiger partial charge in [0, 0.05) is 27.2 Å². The van der Waals surface area contributed by atoms with E-state index in [9.17, 15) is 18.0 Å². The number of ether oxygens (including phenoxy) is 2. The molecule has 0 atom stereocenters. The molecule has 0 unspecified atom stereocenters. The van der Waals surface area contributed by atoms with Gasteiger partial charge in [-0.15, -0.1) is 0 Å². The van der Waals surface area contributed by atoms with Crippen LogP contribution < -0.4 is 10.5 Å². The van der Waals surface area contributed by atoms with Gasteiger partial charge in [-0.2, -0.15) is 17.4 Å². The van der Waals surface area contributed by atoms with Crippen LogP contribution in [0.4, 0.5) is 0 Å². The molecule has 0 radical (unpaired) electrons. The molecule has 0 fully saturated rings. The summed E-state index contributed by atoms with van der Waals surface area (Å²) in [6.45, 7) is 0.212. The number of benzene rings is 2. The number of hydrogen-bond donors (Lipinski definition) is 2. The summed E-state index contributed by atoms with van der Waals surface area (Å²) in [5, 5.41) is 0. The molecule has 0 heterocycles. The van der Waals surface area contributed by atoms with Gasteiger partial charge in [0.1, 0.15) is 0 Å². The molecule has 0 aliphatic heterocycles. The van der Waals surface area contributed by atoms with Crippen LogP contribution in [0.1, 0.15) is 31.8 Å². The lowest BCUT2D eigenvalue weighted by Gasteiger charge is -2.16. The van der Waals surface area contributed by atoms with Crippen molar-refractivity contribution in [1.29, 1.82) is 0 Å². The highest BCUT2D eigenvalue weighted by Gasteiger charge is 2.21. The van der Waals surface area contributed by atoms with Crippen LogP contribution >= 0.6 is 0 Å². The minimum atomic E-state index is -3.64. The molecule has 0 spiro atoms. The molecule has 0 aliphatic rings. The maximum atomic E-state index is 12.3. The first kappa shape index (κ1) is 23.5. The normalized spacial score (nSPS) is 11.4. The highest BCUT2D eigenvalue weighted by molar-refractivity contribution is 7.87. The van der Waals surface area contributed by atoms with Crippen LogP contribution in [0, 0.1) is 0 Å². The van der Waals surface area contributed by atoms with Crippen molar-refractivity contribution in [1.82, 2.24) is 9.03 Å². The molecule has 2 aromatic carbocycles. The Kier molecular flexibility index (Phi) is 7.68.